The van der Waals surface area contributed by atoms with E-state index >= 15 is 0 Å². The largest absolute Gasteiger partial charge is 0.469 e. The standard InChI is InChI=1S/C13H18N2O2/c1-9-5-3-4-6-12(9)14-15-13(16)11-7-8-17-10(11)2/h7-9H,3-6H2,1-2H3,(H,15,16)/b14-12+. The van der Waals surface area contributed by atoms with Crippen molar-refractivity contribution in [3.63, 3.8) is 0 Å². The van der Waals surface area contributed by atoms with E-state index < -0.39 is 0 Å². The lowest BCUT2D eigenvalue weighted by Crippen LogP contribution is -2.24. The van der Waals surface area contributed by atoms with Gasteiger partial charge in [0.1, 0.15) is 5.76 Å². The van der Waals surface area contributed by atoms with Crippen molar-refractivity contribution >= 4 is 11.6 Å². The Hall–Kier alpha value is -1.58. The second-order valence-electron chi connectivity index (χ2n) is 4.58. The van der Waals surface area contributed by atoms with E-state index in [1.165, 1.54) is 25.5 Å². The first-order valence-electron chi connectivity index (χ1n) is 6.09. The Labute approximate surface area is 101 Å². The number of furan rings is 1. The summed E-state index contributed by atoms with van der Waals surface area (Å²) < 4.78 is 5.09. The molecule has 0 radical (unpaired) electrons. The molecule has 1 N–H and O–H groups in total. The normalized spacial score (nSPS) is 22.7. The first-order valence-corrected chi connectivity index (χ1v) is 6.09. The molecule has 1 amide bonds. The van der Waals surface area contributed by atoms with E-state index in [1.54, 1.807) is 13.0 Å². The fourth-order valence-electron chi connectivity index (χ4n) is 2.14. The van der Waals surface area contributed by atoms with E-state index in [-0.39, 0.29) is 5.91 Å². The maximum atomic E-state index is 11.8. The molecule has 4 heteroatoms. The van der Waals surface area contributed by atoms with Crippen molar-refractivity contribution in [2.45, 2.75) is 39.5 Å². The van der Waals surface area contributed by atoms with Crippen molar-refractivity contribution in [2.75, 3.05) is 0 Å². The molecule has 0 spiro atoms. The van der Waals surface area contributed by atoms with Crippen LogP contribution in [0.2, 0.25) is 0 Å². The number of aryl methyl sites for hydroxylation is 1. The minimum absolute atomic E-state index is 0.193. The number of carbonyl (C=O) groups is 1. The van der Waals surface area contributed by atoms with Crippen molar-refractivity contribution in [3.05, 3.63) is 23.7 Å². The number of hydrogen-bond acceptors (Lipinski definition) is 3. The summed E-state index contributed by atoms with van der Waals surface area (Å²) in [5.41, 5.74) is 4.27. The van der Waals surface area contributed by atoms with Crippen LogP contribution in [0.4, 0.5) is 0 Å². The molecule has 0 saturated heterocycles. The summed E-state index contributed by atoms with van der Waals surface area (Å²) in [6.07, 6.45) is 6.10. The van der Waals surface area contributed by atoms with Gasteiger partial charge in [-0.1, -0.05) is 13.3 Å². The molecule has 1 heterocycles. The van der Waals surface area contributed by atoms with Crippen LogP contribution in [0.5, 0.6) is 0 Å². The molecular formula is C13H18N2O2. The van der Waals surface area contributed by atoms with Crippen LogP contribution >= 0.6 is 0 Å². The van der Waals surface area contributed by atoms with E-state index in [0.717, 1.165) is 12.1 Å². The molecule has 92 valence electrons. The summed E-state index contributed by atoms with van der Waals surface area (Å²) >= 11 is 0. The van der Waals surface area contributed by atoms with E-state index in [0.29, 0.717) is 17.2 Å². The van der Waals surface area contributed by atoms with Gasteiger partial charge in [0.15, 0.2) is 0 Å². The Morgan fingerprint density at radius 2 is 2.35 bits per heavy atom. The molecular weight excluding hydrogens is 216 g/mol. The minimum atomic E-state index is -0.193. The molecule has 1 aromatic heterocycles. The molecule has 1 atom stereocenters. The van der Waals surface area contributed by atoms with Gasteiger partial charge in [-0.3, -0.25) is 4.79 Å². The molecule has 0 aromatic carbocycles. The molecule has 1 aliphatic carbocycles. The molecule has 1 aliphatic rings. The number of nitrogens with one attached hydrogen (secondary N) is 1. The second-order valence-corrected chi connectivity index (χ2v) is 4.58. The lowest BCUT2D eigenvalue weighted by molar-refractivity contribution is 0.0953. The molecule has 1 fully saturated rings. The Bertz CT molecular complexity index is 434. The Balaban J connectivity index is 2.00. The van der Waals surface area contributed by atoms with Crippen LogP contribution in [-0.2, 0) is 0 Å². The highest BCUT2D eigenvalue weighted by Gasteiger charge is 2.17. The topological polar surface area (TPSA) is 54.6 Å². The Kier molecular flexibility index (Phi) is 3.61. The predicted octanol–water partition coefficient (Wildman–Crippen LogP) is 2.88. The Morgan fingerprint density at radius 3 is 3.00 bits per heavy atom. The maximum absolute atomic E-state index is 11.8. The number of rotatable bonds is 2. The lowest BCUT2D eigenvalue weighted by Gasteiger charge is -2.19. The number of nitrogens with zero attached hydrogens (tertiary/aromatic N) is 1. The lowest BCUT2D eigenvalue weighted by atomic mass is 9.89. The van der Waals surface area contributed by atoms with Crippen molar-refractivity contribution < 1.29 is 9.21 Å². The zero-order chi connectivity index (χ0) is 12.3. The molecule has 1 unspecified atom stereocenters. The highest BCUT2D eigenvalue weighted by Crippen LogP contribution is 2.20. The number of carbonyl (C=O) groups excluding carboxylic acids is 1. The SMILES string of the molecule is Cc1occc1C(=O)N/N=C1\CCCCC1C. The first kappa shape index (κ1) is 11.9. The zero-order valence-electron chi connectivity index (χ0n) is 10.3. The van der Waals surface area contributed by atoms with Gasteiger partial charge < -0.3 is 4.42 Å². The van der Waals surface area contributed by atoms with Gasteiger partial charge in [0.25, 0.3) is 5.91 Å². The third-order valence-electron chi connectivity index (χ3n) is 3.29. The maximum Gasteiger partial charge on any atom is 0.274 e. The predicted molar refractivity (Wildman–Crippen MR) is 66.0 cm³/mol. The summed E-state index contributed by atoms with van der Waals surface area (Å²) in [5, 5.41) is 4.24. The summed E-state index contributed by atoms with van der Waals surface area (Å²) in [6, 6.07) is 1.66. The van der Waals surface area contributed by atoms with Crippen molar-refractivity contribution in [3.8, 4) is 0 Å². The van der Waals surface area contributed by atoms with E-state index in [9.17, 15) is 4.79 Å². The average Bonchev–Trinajstić information content (AvgIpc) is 2.74. The third-order valence-corrected chi connectivity index (χ3v) is 3.29. The van der Waals surface area contributed by atoms with E-state index in [2.05, 4.69) is 17.5 Å². The smallest absolute Gasteiger partial charge is 0.274 e. The van der Waals surface area contributed by atoms with Gasteiger partial charge in [-0.05, 0) is 38.2 Å². The van der Waals surface area contributed by atoms with E-state index in [4.69, 9.17) is 4.42 Å². The average molecular weight is 234 g/mol. The Morgan fingerprint density at radius 1 is 1.53 bits per heavy atom. The summed E-state index contributed by atoms with van der Waals surface area (Å²) in [4.78, 5) is 11.8. The molecule has 17 heavy (non-hydrogen) atoms. The summed E-state index contributed by atoms with van der Waals surface area (Å²) in [7, 11) is 0. The highest BCUT2D eigenvalue weighted by molar-refractivity contribution is 5.96. The van der Waals surface area contributed by atoms with Crippen LogP contribution in [0.1, 0.15) is 48.7 Å². The van der Waals surface area contributed by atoms with Gasteiger partial charge in [0.2, 0.25) is 0 Å². The second kappa shape index (κ2) is 5.17. The highest BCUT2D eigenvalue weighted by atomic mass is 16.3. The molecule has 1 saturated carbocycles. The first-order chi connectivity index (χ1) is 8.18. The van der Waals surface area contributed by atoms with Gasteiger partial charge in [0.05, 0.1) is 11.8 Å². The van der Waals surface area contributed by atoms with Crippen LogP contribution in [0.25, 0.3) is 0 Å². The third kappa shape index (κ3) is 2.75. The fraction of sp³-hybridized carbons (Fsp3) is 0.538. The number of hydrogen-bond donors (Lipinski definition) is 1. The molecule has 4 nitrogen and oxygen atoms in total. The minimum Gasteiger partial charge on any atom is -0.469 e. The molecule has 0 bridgehead atoms. The fourth-order valence-corrected chi connectivity index (χ4v) is 2.14. The summed E-state index contributed by atoms with van der Waals surface area (Å²) in [5.74, 6) is 0.912. The van der Waals surface area contributed by atoms with Crippen LogP contribution in [0, 0.1) is 12.8 Å². The van der Waals surface area contributed by atoms with Gasteiger partial charge in [-0.25, -0.2) is 5.43 Å². The van der Waals surface area contributed by atoms with Gasteiger partial charge >= 0.3 is 0 Å². The number of hydrazone groups is 1. The van der Waals surface area contributed by atoms with Crippen LogP contribution < -0.4 is 5.43 Å². The molecule has 2 rings (SSSR count). The van der Waals surface area contributed by atoms with Crippen molar-refractivity contribution in [2.24, 2.45) is 11.0 Å². The van der Waals surface area contributed by atoms with Gasteiger partial charge in [-0.2, -0.15) is 5.10 Å². The van der Waals surface area contributed by atoms with Crippen molar-refractivity contribution in [1.82, 2.24) is 5.43 Å². The van der Waals surface area contributed by atoms with Crippen LogP contribution in [0.15, 0.2) is 21.8 Å². The molecule has 1 aromatic rings. The molecule has 0 aliphatic heterocycles. The zero-order valence-corrected chi connectivity index (χ0v) is 10.3. The number of amides is 1. The van der Waals surface area contributed by atoms with Gasteiger partial charge in [0, 0.05) is 5.71 Å². The van der Waals surface area contributed by atoms with E-state index in [1.807, 2.05) is 0 Å². The summed E-state index contributed by atoms with van der Waals surface area (Å²) in [6.45, 7) is 3.93. The monoisotopic (exact) mass is 234 g/mol. The van der Waals surface area contributed by atoms with Crippen LogP contribution in [0.3, 0.4) is 0 Å². The van der Waals surface area contributed by atoms with Gasteiger partial charge in [-0.15, -0.1) is 0 Å². The van der Waals surface area contributed by atoms with Crippen molar-refractivity contribution in [1.29, 1.82) is 0 Å². The van der Waals surface area contributed by atoms with Crippen LogP contribution in [-0.4, -0.2) is 11.6 Å². The quantitative estimate of drug-likeness (QED) is 0.800.